The minimum absolute atomic E-state index is 0.0269. The Labute approximate surface area is 122 Å². The van der Waals surface area contributed by atoms with Gasteiger partial charge in [-0.3, -0.25) is 4.79 Å². The predicted molar refractivity (Wildman–Crippen MR) is 75.8 cm³/mol. The Morgan fingerprint density at radius 3 is 2.71 bits per heavy atom. The fourth-order valence-corrected chi connectivity index (χ4v) is 2.36. The Morgan fingerprint density at radius 1 is 1.33 bits per heavy atom. The molecule has 0 spiro atoms. The first kappa shape index (κ1) is 13.8. The fourth-order valence-electron chi connectivity index (χ4n) is 2.36. The third-order valence-corrected chi connectivity index (χ3v) is 3.53. The van der Waals surface area contributed by atoms with Crippen LogP contribution >= 0.6 is 0 Å². The van der Waals surface area contributed by atoms with Crippen LogP contribution in [0.15, 0.2) is 28.8 Å². The molecule has 2 heterocycles. The maximum absolute atomic E-state index is 12.5. The first-order valence-corrected chi connectivity index (χ1v) is 6.94. The van der Waals surface area contributed by atoms with Crippen LogP contribution in [0.4, 0.5) is 0 Å². The van der Waals surface area contributed by atoms with Gasteiger partial charge in [-0.25, -0.2) is 0 Å². The van der Waals surface area contributed by atoms with Gasteiger partial charge in [0.15, 0.2) is 5.82 Å². The molecule has 1 aliphatic heterocycles. The zero-order valence-corrected chi connectivity index (χ0v) is 12.1. The van der Waals surface area contributed by atoms with E-state index < -0.39 is 0 Å². The molecule has 6 heteroatoms. The summed E-state index contributed by atoms with van der Waals surface area (Å²) in [6.07, 6.45) is 0. The van der Waals surface area contributed by atoms with Crippen molar-refractivity contribution >= 4 is 5.91 Å². The van der Waals surface area contributed by atoms with Crippen LogP contribution in [0, 0.1) is 6.92 Å². The van der Waals surface area contributed by atoms with Crippen molar-refractivity contribution in [3.8, 4) is 11.5 Å². The molecule has 1 amide bonds. The largest absolute Gasteiger partial charge is 0.377 e. The molecule has 1 atom stereocenters. The minimum Gasteiger partial charge on any atom is -0.377 e. The summed E-state index contributed by atoms with van der Waals surface area (Å²) in [6.45, 7) is 5.57. The normalized spacial score (nSPS) is 18.8. The number of benzene rings is 1. The number of ether oxygens (including phenoxy) is 1. The van der Waals surface area contributed by atoms with Gasteiger partial charge in [0, 0.05) is 17.7 Å². The Balaban J connectivity index is 1.79. The highest BCUT2D eigenvalue weighted by molar-refractivity contribution is 5.94. The van der Waals surface area contributed by atoms with E-state index in [1.165, 1.54) is 0 Å². The number of rotatable bonds is 2. The van der Waals surface area contributed by atoms with E-state index >= 15 is 0 Å². The van der Waals surface area contributed by atoms with Crippen molar-refractivity contribution in [3.05, 3.63) is 35.7 Å². The average molecular weight is 287 g/mol. The zero-order valence-electron chi connectivity index (χ0n) is 12.1. The lowest BCUT2D eigenvalue weighted by atomic mass is 10.1. The number of aromatic nitrogens is 2. The second-order valence-electron chi connectivity index (χ2n) is 5.15. The lowest BCUT2D eigenvalue weighted by molar-refractivity contribution is 0.00359. The van der Waals surface area contributed by atoms with Crippen molar-refractivity contribution in [2.75, 3.05) is 19.8 Å². The van der Waals surface area contributed by atoms with Gasteiger partial charge >= 0.3 is 0 Å². The van der Waals surface area contributed by atoms with E-state index in [2.05, 4.69) is 10.1 Å². The Hall–Kier alpha value is -2.21. The number of nitrogens with zero attached hydrogens (tertiary/aromatic N) is 3. The molecule has 0 unspecified atom stereocenters. The first-order chi connectivity index (χ1) is 10.1. The van der Waals surface area contributed by atoms with Gasteiger partial charge in [-0.15, -0.1) is 0 Å². The molecule has 0 aliphatic carbocycles. The predicted octanol–water partition coefficient (Wildman–Crippen LogP) is 1.91. The quantitative estimate of drug-likeness (QED) is 0.844. The lowest BCUT2D eigenvalue weighted by Crippen LogP contribution is -2.47. The van der Waals surface area contributed by atoms with E-state index in [1.54, 1.807) is 19.1 Å². The summed E-state index contributed by atoms with van der Waals surface area (Å²) in [6, 6.07) is 7.33. The molecule has 1 saturated heterocycles. The van der Waals surface area contributed by atoms with Crippen molar-refractivity contribution in [2.24, 2.45) is 0 Å². The molecular formula is C15H17N3O3. The van der Waals surface area contributed by atoms with Crippen LogP contribution in [-0.4, -0.2) is 46.7 Å². The van der Waals surface area contributed by atoms with E-state index in [-0.39, 0.29) is 11.9 Å². The molecular weight excluding hydrogens is 270 g/mol. The highest BCUT2D eigenvalue weighted by Crippen LogP contribution is 2.19. The van der Waals surface area contributed by atoms with Gasteiger partial charge in [-0.1, -0.05) is 5.16 Å². The SMILES string of the molecule is Cc1noc(-c2ccc(C(=O)N3CCOC[C@@H]3C)cc2)n1. The maximum Gasteiger partial charge on any atom is 0.257 e. The molecule has 0 N–H and O–H groups in total. The first-order valence-electron chi connectivity index (χ1n) is 6.94. The molecule has 1 aromatic carbocycles. The molecule has 21 heavy (non-hydrogen) atoms. The lowest BCUT2D eigenvalue weighted by Gasteiger charge is -2.33. The van der Waals surface area contributed by atoms with Crippen molar-refractivity contribution in [2.45, 2.75) is 19.9 Å². The number of carbonyl (C=O) groups is 1. The van der Waals surface area contributed by atoms with Crippen LogP contribution in [0.3, 0.4) is 0 Å². The topological polar surface area (TPSA) is 68.5 Å². The number of carbonyl (C=O) groups excluding carboxylic acids is 1. The highest BCUT2D eigenvalue weighted by atomic mass is 16.5. The van der Waals surface area contributed by atoms with Gasteiger partial charge in [-0.2, -0.15) is 4.98 Å². The minimum atomic E-state index is 0.0269. The molecule has 0 radical (unpaired) electrons. The van der Waals surface area contributed by atoms with Gasteiger partial charge in [0.25, 0.3) is 11.8 Å². The van der Waals surface area contributed by atoms with Gasteiger partial charge in [0.05, 0.1) is 19.3 Å². The summed E-state index contributed by atoms with van der Waals surface area (Å²) in [7, 11) is 0. The van der Waals surface area contributed by atoms with Crippen molar-refractivity contribution < 1.29 is 14.1 Å². The second kappa shape index (κ2) is 5.65. The Morgan fingerprint density at radius 2 is 2.10 bits per heavy atom. The zero-order chi connectivity index (χ0) is 14.8. The van der Waals surface area contributed by atoms with E-state index in [0.717, 1.165) is 5.56 Å². The van der Waals surface area contributed by atoms with E-state index in [0.29, 0.717) is 37.0 Å². The number of amides is 1. The molecule has 110 valence electrons. The third kappa shape index (κ3) is 2.80. The van der Waals surface area contributed by atoms with Crippen LogP contribution in [0.1, 0.15) is 23.1 Å². The van der Waals surface area contributed by atoms with E-state index in [4.69, 9.17) is 9.26 Å². The van der Waals surface area contributed by atoms with Gasteiger partial charge in [-0.05, 0) is 38.1 Å². The standard InChI is InChI=1S/C15H17N3O3/c1-10-9-20-8-7-18(10)15(19)13-5-3-12(4-6-13)14-16-11(2)17-21-14/h3-6,10H,7-9H2,1-2H3/t10-/m0/s1. The molecule has 6 nitrogen and oxygen atoms in total. The van der Waals surface area contributed by atoms with Crippen molar-refractivity contribution in [1.29, 1.82) is 0 Å². The van der Waals surface area contributed by atoms with E-state index in [9.17, 15) is 4.79 Å². The smallest absolute Gasteiger partial charge is 0.257 e. The van der Waals surface area contributed by atoms with Gasteiger partial charge in [0.1, 0.15) is 0 Å². The molecule has 1 aliphatic rings. The summed E-state index contributed by atoms with van der Waals surface area (Å²) in [5.41, 5.74) is 1.46. The summed E-state index contributed by atoms with van der Waals surface area (Å²) < 4.78 is 10.5. The van der Waals surface area contributed by atoms with Gasteiger partial charge in [0.2, 0.25) is 0 Å². The molecule has 0 saturated carbocycles. The average Bonchev–Trinajstić information content (AvgIpc) is 2.94. The fraction of sp³-hybridized carbons (Fsp3) is 0.400. The Bertz CT molecular complexity index is 636. The number of aryl methyl sites for hydroxylation is 1. The van der Waals surface area contributed by atoms with Crippen LogP contribution in [-0.2, 0) is 4.74 Å². The van der Waals surface area contributed by atoms with Crippen LogP contribution in [0.2, 0.25) is 0 Å². The van der Waals surface area contributed by atoms with Crippen molar-refractivity contribution in [1.82, 2.24) is 15.0 Å². The third-order valence-electron chi connectivity index (χ3n) is 3.53. The molecule has 2 aromatic rings. The van der Waals surface area contributed by atoms with Crippen LogP contribution < -0.4 is 0 Å². The molecule has 1 aromatic heterocycles. The number of morpholine rings is 1. The number of hydrogen-bond donors (Lipinski definition) is 0. The highest BCUT2D eigenvalue weighted by Gasteiger charge is 2.24. The Kier molecular flexibility index (Phi) is 3.70. The summed E-state index contributed by atoms with van der Waals surface area (Å²) in [5.74, 6) is 1.08. The van der Waals surface area contributed by atoms with Crippen molar-refractivity contribution in [3.63, 3.8) is 0 Å². The van der Waals surface area contributed by atoms with Crippen LogP contribution in [0.5, 0.6) is 0 Å². The molecule has 0 bridgehead atoms. The summed E-state index contributed by atoms with van der Waals surface area (Å²) in [5, 5.41) is 3.76. The van der Waals surface area contributed by atoms with Gasteiger partial charge < -0.3 is 14.2 Å². The summed E-state index contributed by atoms with van der Waals surface area (Å²) in [4.78, 5) is 18.5. The summed E-state index contributed by atoms with van der Waals surface area (Å²) >= 11 is 0. The molecule has 3 rings (SSSR count). The van der Waals surface area contributed by atoms with Crippen LogP contribution in [0.25, 0.3) is 11.5 Å². The second-order valence-corrected chi connectivity index (χ2v) is 5.15. The van der Waals surface area contributed by atoms with E-state index in [1.807, 2.05) is 24.0 Å². The molecule has 1 fully saturated rings. The number of hydrogen-bond acceptors (Lipinski definition) is 5. The monoisotopic (exact) mass is 287 g/mol. The maximum atomic E-state index is 12.5.